The number of methoxy groups -OCH3 is 1. The van der Waals surface area contributed by atoms with Crippen LogP contribution >= 0.6 is 12.2 Å². The molecular weight excluding hydrogens is 396 g/mol. The number of aromatic nitrogens is 4. The minimum atomic E-state index is 0.449. The van der Waals surface area contributed by atoms with Crippen LogP contribution in [0.5, 0.6) is 0 Å². The largest absolute Gasteiger partial charge is 0.385 e. The van der Waals surface area contributed by atoms with Crippen molar-refractivity contribution in [3.8, 4) is 0 Å². The number of nitrogens with zero attached hydrogens (tertiary/aromatic N) is 5. The lowest BCUT2D eigenvalue weighted by Crippen LogP contribution is -2.46. The third kappa shape index (κ3) is 4.54. The molecule has 1 saturated carbocycles. The van der Waals surface area contributed by atoms with Gasteiger partial charge in [0.15, 0.2) is 10.8 Å². The van der Waals surface area contributed by atoms with Crippen LogP contribution in [-0.2, 0) is 11.3 Å². The van der Waals surface area contributed by atoms with Crippen molar-refractivity contribution in [3.63, 3.8) is 0 Å². The summed E-state index contributed by atoms with van der Waals surface area (Å²) in [5, 5.41) is 17.9. The molecule has 1 fully saturated rings. The van der Waals surface area contributed by atoms with Crippen LogP contribution in [-0.4, -0.2) is 56.4 Å². The molecule has 0 aliphatic heterocycles. The summed E-state index contributed by atoms with van der Waals surface area (Å²) < 4.78 is 7.01. The molecule has 1 N–H and O–H groups in total. The molecule has 0 saturated heterocycles. The number of aryl methyl sites for hydroxylation is 1. The Balaban J connectivity index is 1.64. The summed E-state index contributed by atoms with van der Waals surface area (Å²) in [7, 11) is 1.73. The van der Waals surface area contributed by atoms with Crippen molar-refractivity contribution in [1.29, 1.82) is 0 Å². The summed E-state index contributed by atoms with van der Waals surface area (Å²) in [5.41, 5.74) is 4.15. The van der Waals surface area contributed by atoms with E-state index in [-0.39, 0.29) is 0 Å². The highest BCUT2D eigenvalue weighted by Crippen LogP contribution is 2.27. The van der Waals surface area contributed by atoms with Gasteiger partial charge in [-0.05, 0) is 67.0 Å². The predicted molar refractivity (Wildman–Crippen MR) is 123 cm³/mol. The summed E-state index contributed by atoms with van der Waals surface area (Å²) in [5.74, 6) is 0. The maximum atomic E-state index is 5.84. The Labute approximate surface area is 182 Å². The molecule has 30 heavy (non-hydrogen) atoms. The van der Waals surface area contributed by atoms with E-state index in [1.165, 1.54) is 37.7 Å². The molecule has 8 heteroatoms. The van der Waals surface area contributed by atoms with Crippen LogP contribution in [0.4, 0.5) is 0 Å². The number of hydrogen-bond donors (Lipinski definition) is 1. The van der Waals surface area contributed by atoms with E-state index in [1.54, 1.807) is 7.11 Å². The quantitative estimate of drug-likeness (QED) is 0.457. The number of tetrazole rings is 1. The first-order valence-corrected chi connectivity index (χ1v) is 11.2. The maximum absolute atomic E-state index is 5.84. The van der Waals surface area contributed by atoms with Crippen LogP contribution in [0.2, 0.25) is 0 Å². The lowest BCUT2D eigenvalue weighted by Gasteiger charge is -2.36. The van der Waals surface area contributed by atoms with Gasteiger partial charge in [-0.3, -0.25) is 0 Å². The molecule has 4 rings (SSSR count). The molecule has 2 aromatic heterocycles. The number of benzene rings is 1. The van der Waals surface area contributed by atoms with Gasteiger partial charge in [-0.25, -0.2) is 0 Å². The number of thiocarbonyl (C=S) groups is 1. The molecule has 0 radical (unpaired) electrons. The van der Waals surface area contributed by atoms with Gasteiger partial charge in [0.2, 0.25) is 0 Å². The Bertz CT molecular complexity index is 1010. The first kappa shape index (κ1) is 20.9. The van der Waals surface area contributed by atoms with Crippen molar-refractivity contribution in [2.24, 2.45) is 0 Å². The second kappa shape index (κ2) is 9.66. The molecule has 2 heterocycles. The molecule has 1 aromatic carbocycles. The summed E-state index contributed by atoms with van der Waals surface area (Å²) in [6.07, 6.45) is 7.11. The van der Waals surface area contributed by atoms with Gasteiger partial charge in [-0.1, -0.05) is 30.9 Å². The molecule has 1 aliphatic carbocycles. The number of pyridine rings is 1. The zero-order valence-electron chi connectivity index (χ0n) is 17.8. The van der Waals surface area contributed by atoms with Gasteiger partial charge in [-0.2, -0.15) is 4.52 Å². The Kier molecular flexibility index (Phi) is 6.74. The van der Waals surface area contributed by atoms with Crippen molar-refractivity contribution < 1.29 is 4.74 Å². The van der Waals surface area contributed by atoms with Crippen molar-refractivity contribution >= 4 is 33.9 Å². The zero-order valence-corrected chi connectivity index (χ0v) is 18.6. The monoisotopic (exact) mass is 426 g/mol. The van der Waals surface area contributed by atoms with E-state index >= 15 is 0 Å². The van der Waals surface area contributed by atoms with E-state index in [2.05, 4.69) is 56.9 Å². The fourth-order valence-corrected chi connectivity index (χ4v) is 4.67. The molecule has 0 spiro atoms. The van der Waals surface area contributed by atoms with Gasteiger partial charge in [0.1, 0.15) is 0 Å². The fraction of sp³-hybridized carbons (Fsp3) is 0.545. The van der Waals surface area contributed by atoms with Crippen LogP contribution in [0.15, 0.2) is 24.3 Å². The molecule has 0 amide bonds. The highest BCUT2D eigenvalue weighted by Gasteiger charge is 2.25. The van der Waals surface area contributed by atoms with Crippen molar-refractivity contribution in [2.45, 2.75) is 58.0 Å². The first-order valence-electron chi connectivity index (χ1n) is 10.8. The molecule has 1 aliphatic rings. The minimum absolute atomic E-state index is 0.449. The van der Waals surface area contributed by atoms with Gasteiger partial charge in [0.05, 0.1) is 5.52 Å². The van der Waals surface area contributed by atoms with E-state index in [0.29, 0.717) is 12.6 Å². The van der Waals surface area contributed by atoms with E-state index in [9.17, 15) is 0 Å². The summed E-state index contributed by atoms with van der Waals surface area (Å²) >= 11 is 5.84. The van der Waals surface area contributed by atoms with E-state index in [0.717, 1.165) is 46.8 Å². The zero-order chi connectivity index (χ0) is 20.9. The normalized spacial score (nSPS) is 15.0. The standard InChI is InChI=1S/C22H30N6OS/c1-16-9-10-20-17(13-16)14-18(21-24-25-26-28(20)21)15-27(19-7-4-3-5-8-19)22(30)23-11-6-12-29-2/h9-10,13-14,19H,3-8,11-12,15H2,1-2H3,(H,23,30). The Morgan fingerprint density at radius 1 is 1.27 bits per heavy atom. The molecule has 0 unspecified atom stereocenters. The van der Waals surface area contributed by atoms with Gasteiger partial charge in [-0.15, -0.1) is 5.10 Å². The SMILES string of the molecule is COCCCNC(=S)N(Cc1cc2cc(C)ccc2n2nnnc12)C1CCCCC1. The highest BCUT2D eigenvalue weighted by molar-refractivity contribution is 7.80. The maximum Gasteiger partial charge on any atom is 0.184 e. The van der Waals surface area contributed by atoms with Crippen molar-refractivity contribution in [2.75, 3.05) is 20.3 Å². The number of ether oxygens (including phenoxy) is 1. The summed E-state index contributed by atoms with van der Waals surface area (Å²) in [6.45, 7) is 4.36. The molecule has 7 nitrogen and oxygen atoms in total. The number of fused-ring (bicyclic) bond motifs is 3. The third-order valence-corrected chi connectivity index (χ3v) is 6.30. The molecule has 160 valence electrons. The highest BCUT2D eigenvalue weighted by atomic mass is 32.1. The number of nitrogens with one attached hydrogen (secondary N) is 1. The van der Waals surface area contributed by atoms with E-state index < -0.39 is 0 Å². The van der Waals surface area contributed by atoms with E-state index in [1.807, 2.05) is 4.52 Å². The molecular formula is C22H30N6OS. The predicted octanol–water partition coefficient (Wildman–Crippen LogP) is 3.63. The summed E-state index contributed by atoms with van der Waals surface area (Å²) in [6, 6.07) is 9.03. The lowest BCUT2D eigenvalue weighted by atomic mass is 9.94. The van der Waals surface area contributed by atoms with Gasteiger partial charge in [0, 0.05) is 43.8 Å². The Morgan fingerprint density at radius 2 is 2.10 bits per heavy atom. The van der Waals surface area contributed by atoms with Crippen LogP contribution in [0, 0.1) is 6.92 Å². The fourth-order valence-electron chi connectivity index (χ4n) is 4.36. The molecule has 0 atom stereocenters. The molecule has 0 bridgehead atoms. The number of rotatable bonds is 7. The molecule has 3 aromatic rings. The minimum Gasteiger partial charge on any atom is -0.385 e. The Morgan fingerprint density at radius 3 is 2.90 bits per heavy atom. The van der Waals surface area contributed by atoms with Gasteiger partial charge >= 0.3 is 0 Å². The second-order valence-electron chi connectivity index (χ2n) is 8.14. The van der Waals surface area contributed by atoms with Gasteiger partial charge in [0.25, 0.3) is 0 Å². The van der Waals surface area contributed by atoms with E-state index in [4.69, 9.17) is 17.0 Å². The third-order valence-electron chi connectivity index (χ3n) is 5.92. The van der Waals surface area contributed by atoms with Crippen LogP contribution in [0.25, 0.3) is 16.6 Å². The average Bonchev–Trinajstić information content (AvgIpc) is 3.25. The smallest absolute Gasteiger partial charge is 0.184 e. The Hall–Kier alpha value is -2.32. The second-order valence-corrected chi connectivity index (χ2v) is 8.53. The average molecular weight is 427 g/mol. The number of hydrogen-bond acceptors (Lipinski definition) is 5. The summed E-state index contributed by atoms with van der Waals surface area (Å²) in [4.78, 5) is 2.35. The van der Waals surface area contributed by atoms with Gasteiger partial charge < -0.3 is 15.0 Å². The lowest BCUT2D eigenvalue weighted by molar-refractivity contribution is 0.194. The van der Waals surface area contributed by atoms with Crippen molar-refractivity contribution in [3.05, 3.63) is 35.4 Å². The first-order chi connectivity index (χ1) is 14.7. The van der Waals surface area contributed by atoms with Crippen LogP contribution in [0.3, 0.4) is 0 Å². The topological polar surface area (TPSA) is 67.6 Å². The van der Waals surface area contributed by atoms with Crippen LogP contribution in [0.1, 0.15) is 49.7 Å². The van der Waals surface area contributed by atoms with Crippen LogP contribution < -0.4 is 5.32 Å². The van der Waals surface area contributed by atoms with Crippen molar-refractivity contribution in [1.82, 2.24) is 30.3 Å².